The van der Waals surface area contributed by atoms with Crippen molar-refractivity contribution in [1.82, 2.24) is 0 Å². The Balaban J connectivity index is 2.37. The van der Waals surface area contributed by atoms with Gasteiger partial charge in [0.15, 0.2) is 5.75 Å². The van der Waals surface area contributed by atoms with Gasteiger partial charge >= 0.3 is 5.97 Å². The predicted molar refractivity (Wildman–Crippen MR) is 43.8 cm³/mol. The van der Waals surface area contributed by atoms with E-state index in [0.717, 1.165) is 0 Å². The molecule has 0 bridgehead atoms. The van der Waals surface area contributed by atoms with E-state index in [4.69, 9.17) is 9.15 Å². The molecule has 1 heterocycles. The van der Waals surface area contributed by atoms with Gasteiger partial charge in [0.05, 0.1) is 6.26 Å². The molecule has 1 aromatic heterocycles. The molecule has 3 heteroatoms. The lowest BCUT2D eigenvalue weighted by Gasteiger charge is -2.02. The Labute approximate surface area is 71.3 Å². The molecule has 1 rings (SSSR count). The SMILES string of the molecule is CC(C)CC(=O)Oc1ccoc1. The van der Waals surface area contributed by atoms with Crippen LogP contribution in [-0.4, -0.2) is 5.97 Å². The van der Waals surface area contributed by atoms with Crippen molar-refractivity contribution in [1.29, 1.82) is 0 Å². The summed E-state index contributed by atoms with van der Waals surface area (Å²) >= 11 is 0. The van der Waals surface area contributed by atoms with Gasteiger partial charge in [0, 0.05) is 12.5 Å². The van der Waals surface area contributed by atoms with Gasteiger partial charge in [-0.2, -0.15) is 0 Å². The summed E-state index contributed by atoms with van der Waals surface area (Å²) in [7, 11) is 0. The minimum atomic E-state index is -0.216. The van der Waals surface area contributed by atoms with E-state index in [9.17, 15) is 4.79 Å². The van der Waals surface area contributed by atoms with Gasteiger partial charge in [-0.3, -0.25) is 4.79 Å². The van der Waals surface area contributed by atoms with E-state index in [1.807, 2.05) is 13.8 Å². The first-order chi connectivity index (χ1) is 5.68. The molecule has 1 aromatic rings. The molecule has 0 amide bonds. The van der Waals surface area contributed by atoms with Crippen molar-refractivity contribution < 1.29 is 13.9 Å². The molecule has 12 heavy (non-hydrogen) atoms. The lowest BCUT2D eigenvalue weighted by Crippen LogP contribution is -2.10. The topological polar surface area (TPSA) is 39.4 Å². The third kappa shape index (κ3) is 2.78. The lowest BCUT2D eigenvalue weighted by molar-refractivity contribution is -0.135. The van der Waals surface area contributed by atoms with Crippen LogP contribution < -0.4 is 4.74 Å². The van der Waals surface area contributed by atoms with Gasteiger partial charge < -0.3 is 9.15 Å². The Hall–Kier alpha value is -1.25. The van der Waals surface area contributed by atoms with Crippen LogP contribution in [0.4, 0.5) is 0 Å². The third-order valence-electron chi connectivity index (χ3n) is 1.30. The van der Waals surface area contributed by atoms with Crippen LogP contribution >= 0.6 is 0 Å². The summed E-state index contributed by atoms with van der Waals surface area (Å²) in [6.07, 6.45) is 3.31. The average molecular weight is 168 g/mol. The fourth-order valence-corrected chi connectivity index (χ4v) is 0.816. The Morgan fingerprint density at radius 2 is 2.42 bits per heavy atom. The van der Waals surface area contributed by atoms with E-state index in [2.05, 4.69) is 0 Å². The molecular formula is C9H12O3. The maximum Gasteiger partial charge on any atom is 0.311 e. The van der Waals surface area contributed by atoms with Crippen LogP contribution in [0, 0.1) is 5.92 Å². The summed E-state index contributed by atoms with van der Waals surface area (Å²) in [5.74, 6) is 0.580. The highest BCUT2D eigenvalue weighted by Gasteiger charge is 2.07. The zero-order valence-electron chi connectivity index (χ0n) is 7.24. The van der Waals surface area contributed by atoms with Crippen LogP contribution in [0.1, 0.15) is 20.3 Å². The van der Waals surface area contributed by atoms with Crippen molar-refractivity contribution in [2.45, 2.75) is 20.3 Å². The highest BCUT2D eigenvalue weighted by atomic mass is 16.5. The Kier molecular flexibility index (Phi) is 2.91. The minimum Gasteiger partial charge on any atom is -0.469 e. The Morgan fingerprint density at radius 3 is 2.92 bits per heavy atom. The molecule has 3 nitrogen and oxygen atoms in total. The van der Waals surface area contributed by atoms with Gasteiger partial charge in [0.25, 0.3) is 0 Å². The zero-order chi connectivity index (χ0) is 8.97. The largest absolute Gasteiger partial charge is 0.469 e. The fourth-order valence-electron chi connectivity index (χ4n) is 0.816. The van der Waals surface area contributed by atoms with E-state index in [1.165, 1.54) is 12.5 Å². The summed E-state index contributed by atoms with van der Waals surface area (Å²) in [6.45, 7) is 3.94. The number of esters is 1. The summed E-state index contributed by atoms with van der Waals surface area (Å²) < 4.78 is 9.68. The number of carbonyl (C=O) groups excluding carboxylic acids is 1. The molecule has 0 fully saturated rings. The van der Waals surface area contributed by atoms with Crippen molar-refractivity contribution in [2.24, 2.45) is 5.92 Å². The van der Waals surface area contributed by atoms with Gasteiger partial charge in [-0.15, -0.1) is 0 Å². The molecule has 0 unspecified atom stereocenters. The van der Waals surface area contributed by atoms with E-state index in [1.54, 1.807) is 6.07 Å². The van der Waals surface area contributed by atoms with Crippen LogP contribution in [0.3, 0.4) is 0 Å². The molecule has 0 N–H and O–H groups in total. The average Bonchev–Trinajstić information content (AvgIpc) is 2.37. The molecule has 0 aliphatic rings. The number of rotatable bonds is 3. The molecule has 0 aliphatic carbocycles. The highest BCUT2D eigenvalue weighted by molar-refractivity contribution is 5.72. The number of hydrogen-bond donors (Lipinski definition) is 0. The zero-order valence-corrected chi connectivity index (χ0v) is 7.24. The van der Waals surface area contributed by atoms with Crippen LogP contribution in [0.15, 0.2) is 23.0 Å². The molecule has 0 radical (unpaired) electrons. The normalized spacial score (nSPS) is 10.2. The maximum atomic E-state index is 11.1. The third-order valence-corrected chi connectivity index (χ3v) is 1.30. The molecule has 0 saturated heterocycles. The lowest BCUT2D eigenvalue weighted by atomic mass is 10.1. The number of hydrogen-bond acceptors (Lipinski definition) is 3. The first-order valence-electron chi connectivity index (χ1n) is 3.91. The molecule has 0 atom stereocenters. The van der Waals surface area contributed by atoms with Crippen LogP contribution in [0.25, 0.3) is 0 Å². The summed E-state index contributed by atoms with van der Waals surface area (Å²) in [6, 6.07) is 1.61. The van der Waals surface area contributed by atoms with E-state index >= 15 is 0 Å². The maximum absolute atomic E-state index is 11.1. The second-order valence-corrected chi connectivity index (χ2v) is 3.03. The van der Waals surface area contributed by atoms with Gasteiger partial charge in [-0.25, -0.2) is 0 Å². The van der Waals surface area contributed by atoms with Gasteiger partial charge in [0.2, 0.25) is 0 Å². The van der Waals surface area contributed by atoms with Crippen molar-refractivity contribution in [2.75, 3.05) is 0 Å². The second kappa shape index (κ2) is 3.95. The number of furan rings is 1. The standard InChI is InChI=1S/C9H12O3/c1-7(2)5-9(10)12-8-3-4-11-6-8/h3-4,6-7H,5H2,1-2H3. The minimum absolute atomic E-state index is 0.216. The summed E-state index contributed by atoms with van der Waals surface area (Å²) in [5.41, 5.74) is 0. The number of ether oxygens (including phenoxy) is 1. The predicted octanol–water partition coefficient (Wildman–Crippen LogP) is 2.23. The molecular weight excluding hydrogens is 156 g/mol. The van der Waals surface area contributed by atoms with Gasteiger partial charge in [0.1, 0.15) is 6.26 Å². The van der Waals surface area contributed by atoms with E-state index in [-0.39, 0.29) is 5.97 Å². The van der Waals surface area contributed by atoms with Crippen molar-refractivity contribution in [3.8, 4) is 5.75 Å². The summed E-state index contributed by atoms with van der Waals surface area (Å²) in [4.78, 5) is 11.1. The Morgan fingerprint density at radius 1 is 1.67 bits per heavy atom. The van der Waals surface area contributed by atoms with Crippen LogP contribution in [0.5, 0.6) is 5.75 Å². The first-order valence-corrected chi connectivity index (χ1v) is 3.91. The van der Waals surface area contributed by atoms with Crippen molar-refractivity contribution >= 4 is 5.97 Å². The monoisotopic (exact) mass is 168 g/mol. The second-order valence-electron chi connectivity index (χ2n) is 3.03. The molecule has 66 valence electrons. The number of carbonyl (C=O) groups is 1. The highest BCUT2D eigenvalue weighted by Crippen LogP contribution is 2.12. The summed E-state index contributed by atoms with van der Waals surface area (Å²) in [5, 5.41) is 0. The molecule has 0 saturated carbocycles. The van der Waals surface area contributed by atoms with Crippen molar-refractivity contribution in [3.63, 3.8) is 0 Å². The van der Waals surface area contributed by atoms with E-state index < -0.39 is 0 Å². The van der Waals surface area contributed by atoms with Crippen LogP contribution in [-0.2, 0) is 4.79 Å². The molecule has 0 aromatic carbocycles. The van der Waals surface area contributed by atoms with Crippen LogP contribution in [0.2, 0.25) is 0 Å². The molecule has 0 aliphatic heterocycles. The van der Waals surface area contributed by atoms with E-state index in [0.29, 0.717) is 18.1 Å². The smallest absolute Gasteiger partial charge is 0.311 e. The fraction of sp³-hybridized carbons (Fsp3) is 0.444. The van der Waals surface area contributed by atoms with Gasteiger partial charge in [-0.1, -0.05) is 13.8 Å². The van der Waals surface area contributed by atoms with Crippen molar-refractivity contribution in [3.05, 3.63) is 18.6 Å². The van der Waals surface area contributed by atoms with Gasteiger partial charge in [-0.05, 0) is 5.92 Å². The molecule has 0 spiro atoms. The Bertz CT molecular complexity index is 236. The quantitative estimate of drug-likeness (QED) is 0.649. The first kappa shape index (κ1) is 8.84.